The molecule has 8 heteroatoms. The number of aromatic nitrogens is 3. The second kappa shape index (κ2) is 10.3. The molecule has 0 atom stereocenters. The number of thioether (sulfide) groups is 1. The molecule has 1 heterocycles. The molecule has 0 radical (unpaired) electrons. The molecule has 0 fully saturated rings. The van der Waals surface area contributed by atoms with Crippen LogP contribution in [0, 0.1) is 0 Å². The summed E-state index contributed by atoms with van der Waals surface area (Å²) < 4.78 is 7.48. The minimum atomic E-state index is -0.0221. The van der Waals surface area contributed by atoms with Crippen LogP contribution in [-0.4, -0.2) is 39.6 Å². The van der Waals surface area contributed by atoms with Crippen LogP contribution in [0.4, 0.5) is 0 Å². The average molecular weight is 431 g/mol. The van der Waals surface area contributed by atoms with Gasteiger partial charge < -0.3 is 10.1 Å². The van der Waals surface area contributed by atoms with E-state index in [1.165, 1.54) is 11.8 Å². The quantitative estimate of drug-likeness (QED) is 0.502. The van der Waals surface area contributed by atoms with Gasteiger partial charge >= 0.3 is 0 Å². The number of hydrogen-bond donors (Lipinski definition) is 1. The fourth-order valence-corrected chi connectivity index (χ4v) is 3.59. The Bertz CT molecular complexity index is 942. The summed E-state index contributed by atoms with van der Waals surface area (Å²) in [4.78, 5) is 12.0. The number of nitrogens with one attached hydrogen (secondary N) is 1. The van der Waals surface area contributed by atoms with E-state index in [9.17, 15) is 4.79 Å². The summed E-state index contributed by atoms with van der Waals surface area (Å²) in [5.41, 5.74) is 1.78. The summed E-state index contributed by atoms with van der Waals surface area (Å²) in [5, 5.41) is 12.9. The Balaban J connectivity index is 1.93. The Labute approximate surface area is 179 Å². The number of nitrogens with zero attached hydrogens (tertiary/aromatic N) is 3. The molecule has 2 aromatic carbocycles. The number of halogens is 1. The van der Waals surface area contributed by atoms with E-state index in [2.05, 4.69) is 15.5 Å². The molecule has 0 bridgehead atoms. The van der Waals surface area contributed by atoms with Crippen LogP contribution in [0.1, 0.15) is 20.3 Å². The van der Waals surface area contributed by atoms with Crippen LogP contribution in [0.5, 0.6) is 5.75 Å². The highest BCUT2D eigenvalue weighted by atomic mass is 35.5. The molecule has 1 aromatic heterocycles. The van der Waals surface area contributed by atoms with Gasteiger partial charge in [0, 0.05) is 22.8 Å². The van der Waals surface area contributed by atoms with Crippen LogP contribution < -0.4 is 10.1 Å². The average Bonchev–Trinajstić information content (AvgIpc) is 3.16. The fourth-order valence-electron chi connectivity index (χ4n) is 2.69. The van der Waals surface area contributed by atoms with Gasteiger partial charge in [0.1, 0.15) is 5.75 Å². The van der Waals surface area contributed by atoms with Gasteiger partial charge in [-0.25, -0.2) is 0 Å². The van der Waals surface area contributed by atoms with Crippen molar-refractivity contribution in [3.8, 4) is 22.8 Å². The summed E-state index contributed by atoms with van der Waals surface area (Å²) in [6.45, 7) is 5.25. The molecule has 0 saturated carbocycles. The first kappa shape index (κ1) is 21.2. The molecule has 0 spiro atoms. The number of amides is 1. The van der Waals surface area contributed by atoms with Crippen molar-refractivity contribution in [3.05, 3.63) is 53.6 Å². The number of benzene rings is 2. The van der Waals surface area contributed by atoms with E-state index in [1.54, 1.807) is 0 Å². The van der Waals surface area contributed by atoms with Crippen LogP contribution in [0.2, 0.25) is 5.02 Å². The Morgan fingerprint density at radius 3 is 2.48 bits per heavy atom. The van der Waals surface area contributed by atoms with Crippen molar-refractivity contribution in [1.29, 1.82) is 0 Å². The normalized spacial score (nSPS) is 10.7. The molecule has 0 saturated heterocycles. The van der Waals surface area contributed by atoms with Crippen LogP contribution in [0.25, 0.3) is 17.1 Å². The number of rotatable bonds is 9. The van der Waals surface area contributed by atoms with Crippen molar-refractivity contribution in [2.45, 2.75) is 25.4 Å². The van der Waals surface area contributed by atoms with E-state index in [0.717, 1.165) is 23.4 Å². The van der Waals surface area contributed by atoms with E-state index in [1.807, 2.05) is 66.9 Å². The largest absolute Gasteiger partial charge is 0.494 e. The maximum absolute atomic E-state index is 12.0. The van der Waals surface area contributed by atoms with Gasteiger partial charge in [-0.05, 0) is 61.9 Å². The number of hydrogen-bond acceptors (Lipinski definition) is 5. The first-order valence-electron chi connectivity index (χ1n) is 9.46. The summed E-state index contributed by atoms with van der Waals surface area (Å²) >= 11 is 7.38. The molecule has 3 rings (SSSR count). The lowest BCUT2D eigenvalue weighted by Crippen LogP contribution is -2.25. The number of carbonyl (C=O) groups is 1. The molecule has 3 aromatic rings. The summed E-state index contributed by atoms with van der Waals surface area (Å²) in [5.74, 6) is 1.73. The monoisotopic (exact) mass is 430 g/mol. The summed E-state index contributed by atoms with van der Waals surface area (Å²) in [7, 11) is 0. The molecule has 0 unspecified atom stereocenters. The smallest absolute Gasteiger partial charge is 0.230 e. The highest BCUT2D eigenvalue weighted by Gasteiger charge is 2.17. The van der Waals surface area contributed by atoms with E-state index in [0.29, 0.717) is 29.2 Å². The molecule has 0 aliphatic carbocycles. The lowest BCUT2D eigenvalue weighted by Gasteiger charge is -2.11. The SMILES string of the molecule is CCCNC(=O)CSc1nnc(-c2ccc(Cl)cc2)n1-c1ccc(OCC)cc1. The van der Waals surface area contributed by atoms with Gasteiger partial charge in [0.15, 0.2) is 11.0 Å². The standard InChI is InChI=1S/C21H23ClN4O2S/c1-3-13-23-19(27)14-29-21-25-24-20(15-5-7-16(22)8-6-15)26(21)17-9-11-18(12-10-17)28-4-2/h5-12H,3-4,13-14H2,1-2H3,(H,23,27). The van der Waals surface area contributed by atoms with Crippen LogP contribution in [-0.2, 0) is 4.79 Å². The molecule has 6 nitrogen and oxygen atoms in total. The Kier molecular flexibility index (Phi) is 7.55. The Hall–Kier alpha value is -2.51. The number of ether oxygens (including phenoxy) is 1. The highest BCUT2D eigenvalue weighted by molar-refractivity contribution is 7.99. The van der Waals surface area contributed by atoms with Crippen molar-refractivity contribution < 1.29 is 9.53 Å². The van der Waals surface area contributed by atoms with Crippen molar-refractivity contribution >= 4 is 29.3 Å². The van der Waals surface area contributed by atoms with Gasteiger partial charge in [0.25, 0.3) is 0 Å². The van der Waals surface area contributed by atoms with Gasteiger partial charge in [-0.1, -0.05) is 30.3 Å². The zero-order valence-electron chi connectivity index (χ0n) is 16.4. The van der Waals surface area contributed by atoms with E-state index in [-0.39, 0.29) is 11.7 Å². The van der Waals surface area contributed by atoms with Crippen molar-refractivity contribution in [2.75, 3.05) is 18.9 Å². The molecule has 0 aliphatic heterocycles. The van der Waals surface area contributed by atoms with Crippen molar-refractivity contribution in [3.63, 3.8) is 0 Å². The molecule has 152 valence electrons. The van der Waals surface area contributed by atoms with Crippen LogP contribution in [0.15, 0.2) is 53.7 Å². The summed E-state index contributed by atoms with van der Waals surface area (Å²) in [6, 6.07) is 15.2. The first-order chi connectivity index (χ1) is 14.1. The third-order valence-electron chi connectivity index (χ3n) is 4.05. The van der Waals surface area contributed by atoms with Crippen LogP contribution in [0.3, 0.4) is 0 Å². The topological polar surface area (TPSA) is 69.0 Å². The van der Waals surface area contributed by atoms with Gasteiger partial charge in [-0.15, -0.1) is 10.2 Å². The lowest BCUT2D eigenvalue weighted by atomic mass is 10.2. The van der Waals surface area contributed by atoms with Gasteiger partial charge in [0.05, 0.1) is 12.4 Å². The van der Waals surface area contributed by atoms with Gasteiger partial charge in [-0.2, -0.15) is 0 Å². The second-order valence-corrected chi connectivity index (χ2v) is 7.59. The maximum atomic E-state index is 12.0. The first-order valence-corrected chi connectivity index (χ1v) is 10.8. The Morgan fingerprint density at radius 1 is 1.10 bits per heavy atom. The Morgan fingerprint density at radius 2 is 1.83 bits per heavy atom. The molecule has 1 N–H and O–H groups in total. The second-order valence-electron chi connectivity index (χ2n) is 6.21. The predicted molar refractivity (Wildman–Crippen MR) is 117 cm³/mol. The zero-order valence-corrected chi connectivity index (χ0v) is 18.0. The maximum Gasteiger partial charge on any atom is 0.230 e. The molecule has 1 amide bonds. The third kappa shape index (κ3) is 5.52. The molecular weight excluding hydrogens is 408 g/mol. The van der Waals surface area contributed by atoms with Crippen molar-refractivity contribution in [2.24, 2.45) is 0 Å². The lowest BCUT2D eigenvalue weighted by molar-refractivity contribution is -0.118. The zero-order chi connectivity index (χ0) is 20.6. The van der Waals surface area contributed by atoms with E-state index < -0.39 is 0 Å². The molecular formula is C21H23ClN4O2S. The predicted octanol–water partition coefficient (Wildman–Crippen LogP) is 4.60. The third-order valence-corrected chi connectivity index (χ3v) is 5.23. The number of carbonyl (C=O) groups excluding carboxylic acids is 1. The van der Waals surface area contributed by atoms with Gasteiger partial charge in [0.2, 0.25) is 5.91 Å². The van der Waals surface area contributed by atoms with E-state index in [4.69, 9.17) is 16.3 Å². The highest BCUT2D eigenvalue weighted by Crippen LogP contribution is 2.29. The minimum absolute atomic E-state index is 0.0221. The molecule has 29 heavy (non-hydrogen) atoms. The summed E-state index contributed by atoms with van der Waals surface area (Å²) in [6.07, 6.45) is 0.902. The van der Waals surface area contributed by atoms with Crippen LogP contribution >= 0.6 is 23.4 Å². The van der Waals surface area contributed by atoms with Crippen molar-refractivity contribution in [1.82, 2.24) is 20.1 Å². The fraction of sp³-hybridized carbons (Fsp3) is 0.286. The van der Waals surface area contributed by atoms with E-state index >= 15 is 0 Å². The molecule has 0 aliphatic rings. The van der Waals surface area contributed by atoms with Gasteiger partial charge in [-0.3, -0.25) is 9.36 Å². The minimum Gasteiger partial charge on any atom is -0.494 e.